The van der Waals surface area contributed by atoms with Gasteiger partial charge in [-0.2, -0.15) is 0 Å². The van der Waals surface area contributed by atoms with E-state index in [9.17, 15) is 23.1 Å². The number of halogens is 1. The van der Waals surface area contributed by atoms with Gasteiger partial charge in [-0.15, -0.1) is 0 Å². The second-order valence-electron chi connectivity index (χ2n) is 15.9. The van der Waals surface area contributed by atoms with E-state index in [1.807, 2.05) is 6.07 Å². The summed E-state index contributed by atoms with van der Waals surface area (Å²) in [6.07, 6.45) is 8.29. The summed E-state index contributed by atoms with van der Waals surface area (Å²) in [5.41, 5.74) is 0.645. The van der Waals surface area contributed by atoms with Gasteiger partial charge in [0, 0.05) is 43.7 Å². The van der Waals surface area contributed by atoms with Crippen LogP contribution >= 0.6 is 11.6 Å². The minimum absolute atomic E-state index is 0.166. The summed E-state index contributed by atoms with van der Waals surface area (Å²) in [6, 6.07) is 11.3. The van der Waals surface area contributed by atoms with E-state index in [0.29, 0.717) is 62.6 Å². The fraction of sp³-hybridized carbons (Fsp3) is 0.632. The van der Waals surface area contributed by atoms with E-state index in [-0.39, 0.29) is 17.1 Å². The molecule has 3 aliphatic carbocycles. The Morgan fingerprint density at radius 1 is 1.08 bits per heavy atom. The van der Waals surface area contributed by atoms with Crippen molar-refractivity contribution in [3.05, 3.63) is 58.1 Å². The number of aliphatic hydroxyl groups is 1. The Morgan fingerprint density at radius 3 is 2.70 bits per heavy atom. The average molecular weight is 726 g/mol. The highest BCUT2D eigenvalue weighted by Gasteiger charge is 2.49. The maximum atomic E-state index is 14.0. The number of hydrogen-bond donors (Lipinski definition) is 2. The summed E-state index contributed by atoms with van der Waals surface area (Å²) in [7, 11) is -2.31. The fourth-order valence-electron chi connectivity index (χ4n) is 9.27. The van der Waals surface area contributed by atoms with E-state index in [1.54, 1.807) is 30.1 Å². The number of anilines is 1. The summed E-state index contributed by atoms with van der Waals surface area (Å²) in [5.74, 6) is 0.319. The van der Waals surface area contributed by atoms with Gasteiger partial charge in [0.1, 0.15) is 5.75 Å². The van der Waals surface area contributed by atoms with Gasteiger partial charge in [0.15, 0.2) is 5.60 Å². The molecule has 3 aliphatic heterocycles. The van der Waals surface area contributed by atoms with Gasteiger partial charge in [0.2, 0.25) is 15.9 Å². The Hall–Kier alpha value is -2.86. The molecule has 12 heteroatoms. The van der Waals surface area contributed by atoms with Crippen molar-refractivity contribution in [2.75, 3.05) is 44.8 Å². The molecule has 6 aliphatic rings. The minimum atomic E-state index is -3.99. The molecule has 0 radical (unpaired) electrons. The molecular formula is C38H48ClN3O7S. The number of aryl methyl sites for hydroxylation is 1. The van der Waals surface area contributed by atoms with Crippen LogP contribution in [0.15, 0.2) is 36.4 Å². The fourth-order valence-corrected chi connectivity index (χ4v) is 10.8. The van der Waals surface area contributed by atoms with Crippen molar-refractivity contribution in [1.29, 1.82) is 0 Å². The first kappa shape index (κ1) is 34.2. The summed E-state index contributed by atoms with van der Waals surface area (Å²) in [4.78, 5) is 31.7. The smallest absolute Gasteiger partial charge is 0.270 e. The van der Waals surface area contributed by atoms with Gasteiger partial charge < -0.3 is 24.4 Å². The van der Waals surface area contributed by atoms with Gasteiger partial charge >= 0.3 is 0 Å². The standard InChI is InChI=1S/C38H48ClN3O7S/c1-41-15-12-24-13-16-48-34(17-24)30-9-4-26(30)21-42-22-37(14-2-3-25-18-28(39)6-10-31(25)37)23-49-33-11-5-27(19-32(33)42)38(45,20-35(41)43)36(44)40-50(46,47)29-7-8-29/h5-6,10-11,18-19,24,26,29-30,34,45H,2-4,7-9,12-17,20-23H2,1H3,(H,40,44)/t24-,26+,30-,34+,37+,38-/m1/s1. The monoisotopic (exact) mass is 725 g/mol. The third-order valence-electron chi connectivity index (χ3n) is 12.6. The average Bonchev–Trinajstić information content (AvgIpc) is 3.95. The first-order chi connectivity index (χ1) is 23.9. The number of nitrogens with one attached hydrogen (secondary N) is 1. The molecule has 270 valence electrons. The zero-order chi connectivity index (χ0) is 34.8. The number of benzene rings is 2. The van der Waals surface area contributed by atoms with Crippen LogP contribution in [0.4, 0.5) is 5.69 Å². The molecule has 1 saturated heterocycles. The lowest BCUT2D eigenvalue weighted by Gasteiger charge is -2.48. The van der Waals surface area contributed by atoms with E-state index in [4.69, 9.17) is 21.1 Å². The van der Waals surface area contributed by atoms with Crippen molar-refractivity contribution < 1.29 is 32.6 Å². The van der Waals surface area contributed by atoms with E-state index < -0.39 is 39.1 Å². The van der Waals surface area contributed by atoms with Crippen molar-refractivity contribution in [2.45, 2.75) is 93.0 Å². The zero-order valence-electron chi connectivity index (χ0n) is 28.7. The van der Waals surface area contributed by atoms with Crippen molar-refractivity contribution in [3.8, 4) is 5.75 Å². The third kappa shape index (κ3) is 6.30. The highest BCUT2D eigenvalue weighted by atomic mass is 35.5. The number of rotatable bonds is 3. The van der Waals surface area contributed by atoms with E-state index in [1.165, 1.54) is 11.1 Å². The minimum Gasteiger partial charge on any atom is -0.490 e. The van der Waals surface area contributed by atoms with Crippen LogP contribution in [0, 0.1) is 17.8 Å². The van der Waals surface area contributed by atoms with Gasteiger partial charge in [-0.25, -0.2) is 8.42 Å². The lowest BCUT2D eigenvalue weighted by molar-refractivity contribution is -0.148. The number of carbonyl (C=O) groups is 2. The predicted molar refractivity (Wildman–Crippen MR) is 190 cm³/mol. The topological polar surface area (TPSA) is 125 Å². The van der Waals surface area contributed by atoms with Gasteiger partial charge in [0.25, 0.3) is 5.91 Å². The molecule has 3 heterocycles. The first-order valence-electron chi connectivity index (χ1n) is 18.4. The molecule has 2 amide bonds. The zero-order valence-corrected chi connectivity index (χ0v) is 30.3. The SMILES string of the molecule is CN1CC[C@@H]2CCO[C@@H](C2)[C@@H]2CC[C@H]2CN2C[C@@]3(CCCc4cc(Cl)ccc43)COc3ccc(cc32)[C@@](O)(C(=O)NS(=O)(=O)C2CC2)CC1=O. The van der Waals surface area contributed by atoms with Crippen LogP contribution in [-0.2, 0) is 41.8 Å². The lowest BCUT2D eigenvalue weighted by Crippen LogP contribution is -2.51. The van der Waals surface area contributed by atoms with E-state index >= 15 is 0 Å². The van der Waals surface area contributed by atoms with Crippen LogP contribution in [-0.4, -0.2) is 81.5 Å². The molecule has 8 rings (SSSR count). The van der Waals surface area contributed by atoms with Crippen LogP contribution in [0.2, 0.25) is 5.02 Å². The molecule has 10 nitrogen and oxygen atoms in total. The number of carbonyl (C=O) groups excluding carboxylic acids is 2. The molecule has 2 N–H and O–H groups in total. The van der Waals surface area contributed by atoms with Crippen molar-refractivity contribution in [3.63, 3.8) is 0 Å². The maximum absolute atomic E-state index is 14.0. The Morgan fingerprint density at radius 2 is 1.92 bits per heavy atom. The predicted octanol–water partition coefficient (Wildman–Crippen LogP) is 4.68. The van der Waals surface area contributed by atoms with Crippen LogP contribution in [0.3, 0.4) is 0 Å². The molecule has 50 heavy (non-hydrogen) atoms. The molecule has 0 unspecified atom stereocenters. The van der Waals surface area contributed by atoms with Crippen LogP contribution in [0.1, 0.15) is 80.9 Å². The summed E-state index contributed by atoms with van der Waals surface area (Å²) in [6.45, 7) is 3.06. The summed E-state index contributed by atoms with van der Waals surface area (Å²) < 4.78 is 41.2. The molecule has 1 spiro atoms. The molecule has 0 aromatic heterocycles. The summed E-state index contributed by atoms with van der Waals surface area (Å²) in [5, 5.41) is 12.4. The number of fused-ring (bicyclic) bond motifs is 7. The highest BCUT2D eigenvalue weighted by Crippen LogP contribution is 2.49. The second kappa shape index (κ2) is 13.0. The second-order valence-corrected chi connectivity index (χ2v) is 18.3. The highest BCUT2D eigenvalue weighted by molar-refractivity contribution is 7.90. The molecular weight excluding hydrogens is 678 g/mol. The third-order valence-corrected chi connectivity index (χ3v) is 14.7. The van der Waals surface area contributed by atoms with Crippen molar-refractivity contribution >= 4 is 39.1 Å². The molecule has 4 bridgehead atoms. The molecule has 2 saturated carbocycles. The van der Waals surface area contributed by atoms with Gasteiger partial charge in [-0.1, -0.05) is 23.7 Å². The van der Waals surface area contributed by atoms with Gasteiger partial charge in [0.05, 0.1) is 30.1 Å². The largest absolute Gasteiger partial charge is 0.490 e. The van der Waals surface area contributed by atoms with Crippen molar-refractivity contribution in [2.24, 2.45) is 17.8 Å². The number of ether oxygens (including phenoxy) is 2. The van der Waals surface area contributed by atoms with Crippen LogP contribution in [0.5, 0.6) is 5.75 Å². The quantitative estimate of drug-likeness (QED) is 0.468. The number of amides is 2. The first-order valence-corrected chi connectivity index (χ1v) is 20.3. The Bertz CT molecular complexity index is 1790. The Labute approximate surface area is 299 Å². The Kier molecular flexibility index (Phi) is 8.88. The van der Waals surface area contributed by atoms with Gasteiger partial charge in [-0.05, 0) is 123 Å². The van der Waals surface area contributed by atoms with Crippen LogP contribution in [0.25, 0.3) is 0 Å². The molecule has 3 fully saturated rings. The van der Waals surface area contributed by atoms with E-state index in [2.05, 4.69) is 21.8 Å². The Balaban J connectivity index is 1.23. The number of nitrogens with zero attached hydrogens (tertiary/aromatic N) is 2. The van der Waals surface area contributed by atoms with Gasteiger partial charge in [-0.3, -0.25) is 14.3 Å². The summed E-state index contributed by atoms with van der Waals surface area (Å²) >= 11 is 6.46. The maximum Gasteiger partial charge on any atom is 0.270 e. The van der Waals surface area contributed by atoms with E-state index in [0.717, 1.165) is 68.6 Å². The lowest BCUT2D eigenvalue weighted by atomic mass is 9.67. The molecule has 2 aromatic rings. The van der Waals surface area contributed by atoms with Crippen molar-refractivity contribution in [1.82, 2.24) is 9.62 Å². The molecule has 6 atom stereocenters. The normalized spacial score (nSPS) is 33.0. The van der Waals surface area contributed by atoms with Crippen LogP contribution < -0.4 is 14.4 Å². The number of hydrogen-bond acceptors (Lipinski definition) is 8. The number of sulfonamides is 1. The molecule has 2 aromatic carbocycles.